The summed E-state index contributed by atoms with van der Waals surface area (Å²) in [6, 6.07) is 7.42. The lowest BCUT2D eigenvalue weighted by molar-refractivity contribution is -0.106. The topological polar surface area (TPSA) is 108 Å². The van der Waals surface area contributed by atoms with Crippen molar-refractivity contribution < 1.29 is 13.6 Å². The number of carbonyl (C=O) groups excluding carboxylic acids is 1. The molecule has 1 aliphatic heterocycles. The van der Waals surface area contributed by atoms with Crippen LogP contribution in [-0.4, -0.2) is 52.4 Å². The molecule has 1 fully saturated rings. The van der Waals surface area contributed by atoms with E-state index in [0.717, 1.165) is 43.3 Å². The number of rotatable bonds is 4. The maximum atomic E-state index is 15.0. The van der Waals surface area contributed by atoms with Crippen LogP contribution < -0.4 is 16.2 Å². The molecule has 1 unspecified atom stereocenters. The minimum absolute atomic E-state index is 0.0295. The molecule has 0 saturated carbocycles. The van der Waals surface area contributed by atoms with E-state index in [4.69, 9.17) is 4.79 Å². The first kappa shape index (κ1) is 32.6. The van der Waals surface area contributed by atoms with Crippen molar-refractivity contribution in [2.75, 3.05) is 31.1 Å². The number of fused-ring (bicyclic) bond motifs is 1. The van der Waals surface area contributed by atoms with Gasteiger partial charge in [-0.1, -0.05) is 40.2 Å². The molecular weight excluding hydrogens is 490 g/mol. The van der Waals surface area contributed by atoms with Crippen molar-refractivity contribution in [2.45, 2.75) is 67.6 Å². The molecule has 1 aliphatic rings. The lowest BCUT2D eigenvalue weighted by Crippen LogP contribution is -2.46. The molecule has 1 saturated heterocycles. The van der Waals surface area contributed by atoms with E-state index in [0.29, 0.717) is 12.1 Å². The van der Waals surface area contributed by atoms with Crippen molar-refractivity contribution >= 4 is 23.1 Å². The van der Waals surface area contributed by atoms with Gasteiger partial charge in [-0.25, -0.2) is 13.8 Å². The first-order chi connectivity index (χ1) is 18.2. The number of piperazine rings is 1. The van der Waals surface area contributed by atoms with E-state index in [1.54, 1.807) is 12.1 Å². The zero-order valence-corrected chi connectivity index (χ0v) is 23.6. The number of nitrogens with one attached hydrogen (secondary N) is 1. The Morgan fingerprint density at radius 3 is 2.18 bits per heavy atom. The number of alkyl halides is 1. The number of benzene rings is 1. The summed E-state index contributed by atoms with van der Waals surface area (Å²) in [6.07, 6.45) is -0.00968. The summed E-state index contributed by atoms with van der Waals surface area (Å²) in [6.45, 7) is 17.2. The summed E-state index contributed by atoms with van der Waals surface area (Å²) in [5, 5.41) is 0. The Balaban J connectivity index is 0.000000811. The largest absolute Gasteiger partial charge is 0.372 e. The first-order valence-electron chi connectivity index (χ1n) is 13.1. The SMILES string of the molecule is CC.CCC.Cc1ccc(N2CCN(Cc3ccc4nc(C(C)F)c(=O)[nH]c4c3F)CC2)c(C)n1.NC=O. The molecule has 2 aromatic heterocycles. The zero-order chi connectivity index (χ0) is 28.8. The molecule has 0 aliphatic carbocycles. The van der Waals surface area contributed by atoms with Crippen molar-refractivity contribution in [1.29, 1.82) is 0 Å². The van der Waals surface area contributed by atoms with E-state index < -0.39 is 17.5 Å². The highest BCUT2D eigenvalue weighted by atomic mass is 19.1. The number of hydrogen-bond donors (Lipinski definition) is 2. The highest BCUT2D eigenvalue weighted by molar-refractivity contribution is 5.75. The van der Waals surface area contributed by atoms with Crippen LogP contribution in [0, 0.1) is 19.7 Å². The molecule has 8 nitrogen and oxygen atoms in total. The molecule has 3 N–H and O–H groups in total. The van der Waals surface area contributed by atoms with Gasteiger partial charge in [-0.2, -0.15) is 0 Å². The van der Waals surface area contributed by atoms with Gasteiger partial charge in [-0.3, -0.25) is 19.5 Å². The second kappa shape index (κ2) is 16.4. The van der Waals surface area contributed by atoms with Crippen LogP contribution >= 0.6 is 0 Å². The quantitative estimate of drug-likeness (QED) is 0.459. The summed E-state index contributed by atoms with van der Waals surface area (Å²) >= 11 is 0. The predicted octanol–water partition coefficient (Wildman–Crippen LogP) is 4.97. The van der Waals surface area contributed by atoms with E-state index in [9.17, 15) is 9.18 Å². The van der Waals surface area contributed by atoms with Crippen LogP contribution in [0.1, 0.15) is 69.9 Å². The fourth-order valence-electron chi connectivity index (χ4n) is 3.97. The number of aromatic amines is 1. The third kappa shape index (κ3) is 8.86. The molecule has 1 amide bonds. The van der Waals surface area contributed by atoms with E-state index in [1.807, 2.05) is 33.8 Å². The Kier molecular flexibility index (Phi) is 14.1. The smallest absolute Gasteiger partial charge is 0.273 e. The monoisotopic (exact) mass is 532 g/mol. The molecule has 3 aromatic rings. The van der Waals surface area contributed by atoms with Gasteiger partial charge in [-0.05, 0) is 39.0 Å². The molecule has 210 valence electrons. The molecule has 4 rings (SSSR count). The van der Waals surface area contributed by atoms with Crippen LogP contribution in [0.15, 0.2) is 29.1 Å². The van der Waals surface area contributed by atoms with Gasteiger partial charge in [-0.15, -0.1) is 0 Å². The minimum atomic E-state index is -1.51. The van der Waals surface area contributed by atoms with Crippen LogP contribution in [0.4, 0.5) is 14.5 Å². The number of hydrogen-bond acceptors (Lipinski definition) is 6. The lowest BCUT2D eigenvalue weighted by Gasteiger charge is -2.36. The predicted molar refractivity (Wildman–Crippen MR) is 151 cm³/mol. The zero-order valence-electron chi connectivity index (χ0n) is 23.6. The maximum Gasteiger partial charge on any atom is 0.273 e. The number of pyridine rings is 1. The third-order valence-corrected chi connectivity index (χ3v) is 5.59. The normalized spacial score (nSPS) is 13.8. The standard InChI is InChI=1S/C22H25F2N5O.C3H8.C2H6.CH3NO/c1-13-4-7-18(15(3)25-13)29-10-8-28(9-11-29)12-16-5-6-17-21(19(16)24)27-22(30)20(26-17)14(2)23;1-3-2;1-2;2-1-3/h4-7,14H,8-12H2,1-3H3,(H,27,30);3H2,1-2H3;1-2H3;1H,(H2,2,3). The van der Waals surface area contributed by atoms with E-state index >= 15 is 4.39 Å². The first-order valence-corrected chi connectivity index (χ1v) is 13.1. The summed E-state index contributed by atoms with van der Waals surface area (Å²) in [7, 11) is 0. The molecule has 3 heterocycles. The molecule has 0 bridgehead atoms. The minimum Gasteiger partial charge on any atom is -0.372 e. The van der Waals surface area contributed by atoms with Gasteiger partial charge in [0.1, 0.15) is 17.4 Å². The van der Waals surface area contributed by atoms with Crippen LogP contribution in [0.2, 0.25) is 0 Å². The summed E-state index contributed by atoms with van der Waals surface area (Å²) < 4.78 is 28.5. The molecule has 10 heteroatoms. The summed E-state index contributed by atoms with van der Waals surface area (Å²) in [4.78, 5) is 36.1. The number of carbonyl (C=O) groups is 1. The molecule has 0 spiro atoms. The highest BCUT2D eigenvalue weighted by Crippen LogP contribution is 2.23. The second-order valence-electron chi connectivity index (χ2n) is 8.66. The Labute approximate surface area is 224 Å². The van der Waals surface area contributed by atoms with Crippen LogP contribution in [0.5, 0.6) is 0 Å². The van der Waals surface area contributed by atoms with Gasteiger partial charge in [0, 0.05) is 44.0 Å². The van der Waals surface area contributed by atoms with Gasteiger partial charge in [0.05, 0.1) is 16.9 Å². The Bertz CT molecular complexity index is 1210. The average molecular weight is 533 g/mol. The summed E-state index contributed by atoms with van der Waals surface area (Å²) in [5.74, 6) is -0.504. The average Bonchev–Trinajstić information content (AvgIpc) is 2.88. The Morgan fingerprint density at radius 2 is 1.66 bits per heavy atom. The fraction of sp³-hybridized carbons (Fsp3) is 0.500. The van der Waals surface area contributed by atoms with Crippen molar-refractivity contribution in [2.24, 2.45) is 5.73 Å². The fourth-order valence-corrected chi connectivity index (χ4v) is 3.97. The number of H-pyrrole nitrogens is 1. The van der Waals surface area contributed by atoms with Crippen molar-refractivity contribution in [3.8, 4) is 0 Å². The Hall–Kier alpha value is -3.40. The van der Waals surface area contributed by atoms with Gasteiger partial charge in [0.15, 0.2) is 5.82 Å². The molecule has 38 heavy (non-hydrogen) atoms. The van der Waals surface area contributed by atoms with E-state index in [2.05, 4.69) is 50.4 Å². The number of primary amides is 1. The van der Waals surface area contributed by atoms with Gasteiger partial charge >= 0.3 is 0 Å². The third-order valence-electron chi connectivity index (χ3n) is 5.59. The molecular formula is C28H42F2N6O2. The van der Waals surface area contributed by atoms with Crippen LogP contribution in [0.3, 0.4) is 0 Å². The Morgan fingerprint density at radius 1 is 1.08 bits per heavy atom. The van der Waals surface area contributed by atoms with Gasteiger partial charge in [0.25, 0.3) is 5.56 Å². The van der Waals surface area contributed by atoms with Crippen molar-refractivity contribution in [1.82, 2.24) is 19.9 Å². The molecule has 0 radical (unpaired) electrons. The lowest BCUT2D eigenvalue weighted by atomic mass is 10.1. The van der Waals surface area contributed by atoms with E-state index in [-0.39, 0.29) is 23.1 Å². The number of nitrogens with zero attached hydrogens (tertiary/aromatic N) is 4. The number of aromatic nitrogens is 3. The number of halogens is 2. The van der Waals surface area contributed by atoms with E-state index in [1.165, 1.54) is 13.3 Å². The number of amides is 1. The highest BCUT2D eigenvalue weighted by Gasteiger charge is 2.21. The number of aryl methyl sites for hydroxylation is 2. The van der Waals surface area contributed by atoms with Crippen LogP contribution in [-0.2, 0) is 11.3 Å². The molecule has 1 aromatic carbocycles. The van der Waals surface area contributed by atoms with Crippen LogP contribution in [0.25, 0.3) is 11.0 Å². The van der Waals surface area contributed by atoms with Gasteiger partial charge < -0.3 is 15.6 Å². The second-order valence-corrected chi connectivity index (χ2v) is 8.66. The number of anilines is 1. The summed E-state index contributed by atoms with van der Waals surface area (Å²) in [5.41, 5.74) is 7.17. The van der Waals surface area contributed by atoms with Crippen molar-refractivity contribution in [3.63, 3.8) is 0 Å². The maximum absolute atomic E-state index is 15.0. The molecule has 1 atom stereocenters. The number of nitrogens with two attached hydrogens (primary N) is 1. The van der Waals surface area contributed by atoms with Crippen molar-refractivity contribution in [3.05, 3.63) is 63.1 Å². The van der Waals surface area contributed by atoms with Gasteiger partial charge in [0.2, 0.25) is 6.41 Å².